The van der Waals surface area contributed by atoms with E-state index in [0.29, 0.717) is 29.6 Å². The Morgan fingerprint density at radius 3 is 1.35 bits per heavy atom. The van der Waals surface area contributed by atoms with Gasteiger partial charge in [-0.3, -0.25) is 0 Å². The van der Waals surface area contributed by atoms with Gasteiger partial charge in [0.15, 0.2) is 0 Å². The highest BCUT2D eigenvalue weighted by molar-refractivity contribution is 4.91. The van der Waals surface area contributed by atoms with Gasteiger partial charge >= 0.3 is 0 Å². The molecule has 1 heterocycles. The highest BCUT2D eigenvalue weighted by atomic mass is 15.1. The van der Waals surface area contributed by atoms with Crippen LogP contribution in [0.5, 0.6) is 0 Å². The van der Waals surface area contributed by atoms with Crippen molar-refractivity contribution in [2.75, 3.05) is 39.3 Å². The van der Waals surface area contributed by atoms with Gasteiger partial charge in [0.1, 0.15) is 0 Å². The van der Waals surface area contributed by atoms with Crippen LogP contribution in [0.15, 0.2) is 0 Å². The van der Waals surface area contributed by atoms with Gasteiger partial charge in [-0.1, -0.05) is 39.5 Å². The fourth-order valence-electron chi connectivity index (χ4n) is 4.93. The minimum Gasteiger partial charge on any atom is -0.314 e. The van der Waals surface area contributed by atoms with Gasteiger partial charge in [0.05, 0.1) is 0 Å². The quantitative estimate of drug-likeness (QED) is 0.451. The van der Waals surface area contributed by atoms with E-state index in [2.05, 4.69) is 40.4 Å². The van der Waals surface area contributed by atoms with Crippen molar-refractivity contribution in [3.63, 3.8) is 0 Å². The number of nitrogens with one attached hydrogen (secondary N) is 5. The van der Waals surface area contributed by atoms with Crippen LogP contribution in [0.2, 0.25) is 0 Å². The topological polar surface area (TPSA) is 60.1 Å². The van der Waals surface area contributed by atoms with Crippen LogP contribution in [0, 0.1) is 5.41 Å². The van der Waals surface area contributed by atoms with E-state index in [1.165, 1.54) is 51.4 Å². The van der Waals surface area contributed by atoms with Crippen molar-refractivity contribution in [3.05, 3.63) is 0 Å². The Morgan fingerprint density at radius 2 is 0.923 bits per heavy atom. The molecular weight excluding hydrogens is 322 g/mol. The summed E-state index contributed by atoms with van der Waals surface area (Å²) in [5.74, 6) is 0. The van der Waals surface area contributed by atoms with Gasteiger partial charge in [0, 0.05) is 63.4 Å². The maximum atomic E-state index is 3.93. The van der Waals surface area contributed by atoms with Crippen molar-refractivity contribution in [1.29, 1.82) is 0 Å². The van der Waals surface area contributed by atoms with Crippen LogP contribution in [-0.2, 0) is 0 Å². The zero-order valence-electron chi connectivity index (χ0n) is 17.2. The first-order valence-electron chi connectivity index (χ1n) is 11.3. The van der Waals surface area contributed by atoms with Gasteiger partial charge < -0.3 is 26.6 Å². The summed E-state index contributed by atoms with van der Waals surface area (Å²) in [5.41, 5.74) is 0.294. The van der Waals surface area contributed by atoms with Crippen LogP contribution in [0.25, 0.3) is 0 Å². The van der Waals surface area contributed by atoms with Crippen LogP contribution < -0.4 is 26.6 Å². The van der Waals surface area contributed by atoms with Crippen LogP contribution in [-0.4, -0.2) is 63.4 Å². The average molecular weight is 366 g/mol. The largest absolute Gasteiger partial charge is 0.314 e. The van der Waals surface area contributed by atoms with E-state index in [4.69, 9.17) is 0 Å². The summed E-state index contributed by atoms with van der Waals surface area (Å²) < 4.78 is 0. The lowest BCUT2D eigenvalue weighted by Crippen LogP contribution is -2.56. The van der Waals surface area contributed by atoms with Crippen LogP contribution in [0.3, 0.4) is 0 Å². The molecule has 0 radical (unpaired) electrons. The van der Waals surface area contributed by atoms with E-state index in [1.807, 2.05) is 0 Å². The number of hydrogen-bond donors (Lipinski definition) is 5. The first kappa shape index (κ1) is 20.5. The molecule has 5 N–H and O–H groups in total. The third-order valence-electron chi connectivity index (χ3n) is 6.63. The van der Waals surface area contributed by atoms with Crippen LogP contribution in [0.4, 0.5) is 0 Å². The monoisotopic (exact) mass is 365 g/mol. The molecule has 2 saturated carbocycles. The summed E-state index contributed by atoms with van der Waals surface area (Å²) in [7, 11) is 0. The summed E-state index contributed by atoms with van der Waals surface area (Å²) in [6.07, 6.45) is 10.8. The lowest BCUT2D eigenvalue weighted by Gasteiger charge is -2.38. The minimum absolute atomic E-state index is 0.294. The molecular formula is C21H43N5. The minimum atomic E-state index is 0.294. The Hall–Kier alpha value is -0.200. The van der Waals surface area contributed by atoms with Crippen molar-refractivity contribution in [1.82, 2.24) is 26.6 Å². The number of rotatable bonds is 0. The molecule has 5 nitrogen and oxygen atoms in total. The van der Waals surface area contributed by atoms with Crippen molar-refractivity contribution in [2.24, 2.45) is 5.41 Å². The fraction of sp³-hybridized carbons (Fsp3) is 1.00. The molecule has 0 spiro atoms. The molecule has 0 aromatic carbocycles. The first-order chi connectivity index (χ1) is 12.6. The van der Waals surface area contributed by atoms with E-state index in [0.717, 1.165) is 39.3 Å². The lowest BCUT2D eigenvalue weighted by atomic mass is 9.86. The molecule has 4 unspecified atom stereocenters. The SMILES string of the molecule is CC1(C)CNC2CCCCC2NCCNCCNC2CCCCC2NC1. The molecule has 1 aliphatic heterocycles. The van der Waals surface area contributed by atoms with Crippen molar-refractivity contribution in [3.8, 4) is 0 Å². The predicted molar refractivity (Wildman–Crippen MR) is 111 cm³/mol. The second-order valence-electron chi connectivity index (χ2n) is 9.58. The molecule has 3 fully saturated rings. The van der Waals surface area contributed by atoms with E-state index in [9.17, 15) is 0 Å². The molecule has 152 valence electrons. The summed E-state index contributed by atoms with van der Waals surface area (Å²) in [4.78, 5) is 0. The van der Waals surface area contributed by atoms with Gasteiger partial charge in [0.2, 0.25) is 0 Å². The van der Waals surface area contributed by atoms with Crippen LogP contribution >= 0.6 is 0 Å². The zero-order chi connectivity index (χ0) is 18.2. The molecule has 3 aliphatic rings. The Labute approximate surface area is 161 Å². The fourth-order valence-corrected chi connectivity index (χ4v) is 4.93. The summed E-state index contributed by atoms with van der Waals surface area (Å²) >= 11 is 0. The Balaban J connectivity index is 1.58. The summed E-state index contributed by atoms with van der Waals surface area (Å²) in [6, 6.07) is 2.56. The van der Waals surface area contributed by atoms with E-state index >= 15 is 0 Å². The second-order valence-corrected chi connectivity index (χ2v) is 9.58. The maximum absolute atomic E-state index is 3.93. The normalized spacial score (nSPS) is 38.1. The van der Waals surface area contributed by atoms with Crippen molar-refractivity contribution >= 4 is 0 Å². The van der Waals surface area contributed by atoms with E-state index in [1.54, 1.807) is 0 Å². The second kappa shape index (κ2) is 10.4. The smallest absolute Gasteiger partial charge is 0.0221 e. The van der Waals surface area contributed by atoms with Gasteiger partial charge in [-0.2, -0.15) is 0 Å². The predicted octanol–water partition coefficient (Wildman–Crippen LogP) is 1.60. The average Bonchev–Trinajstić information content (AvgIpc) is 2.65. The van der Waals surface area contributed by atoms with Crippen molar-refractivity contribution < 1.29 is 0 Å². The van der Waals surface area contributed by atoms with Gasteiger partial charge in [-0.25, -0.2) is 0 Å². The molecule has 0 bridgehead atoms. The number of fused-ring (bicyclic) bond motifs is 2. The van der Waals surface area contributed by atoms with Gasteiger partial charge in [0.25, 0.3) is 0 Å². The molecule has 3 rings (SSSR count). The van der Waals surface area contributed by atoms with Gasteiger partial charge in [-0.05, 0) is 31.1 Å². The third kappa shape index (κ3) is 6.45. The highest BCUT2D eigenvalue weighted by Gasteiger charge is 2.29. The molecule has 5 heteroatoms. The first-order valence-corrected chi connectivity index (χ1v) is 11.3. The van der Waals surface area contributed by atoms with Gasteiger partial charge in [-0.15, -0.1) is 0 Å². The molecule has 1 saturated heterocycles. The summed E-state index contributed by atoms with van der Waals surface area (Å²) in [5, 5.41) is 19.1. The van der Waals surface area contributed by atoms with Crippen molar-refractivity contribution in [2.45, 2.75) is 89.4 Å². The molecule has 4 atom stereocenters. The zero-order valence-corrected chi connectivity index (χ0v) is 17.2. The molecule has 2 aliphatic carbocycles. The van der Waals surface area contributed by atoms with E-state index in [-0.39, 0.29) is 0 Å². The Kier molecular flexibility index (Phi) is 8.19. The molecule has 0 amide bonds. The molecule has 0 aromatic rings. The van der Waals surface area contributed by atoms with E-state index < -0.39 is 0 Å². The maximum Gasteiger partial charge on any atom is 0.0221 e. The third-order valence-corrected chi connectivity index (χ3v) is 6.63. The lowest BCUT2D eigenvalue weighted by molar-refractivity contribution is 0.215. The Bertz CT molecular complexity index is 366. The van der Waals surface area contributed by atoms with Crippen LogP contribution in [0.1, 0.15) is 65.2 Å². The molecule has 26 heavy (non-hydrogen) atoms. The summed E-state index contributed by atoms with van der Waals surface area (Å²) in [6.45, 7) is 11.3. The standard InChI is InChI=1S/C21H43N5/c1-21(2)15-25-19-9-5-3-7-17(19)23-13-11-22-12-14-24-18-8-4-6-10-20(18)26-16-21/h17-20,22-26H,3-16H2,1-2H3. The Morgan fingerprint density at radius 1 is 0.538 bits per heavy atom. The highest BCUT2D eigenvalue weighted by Crippen LogP contribution is 2.22. The number of hydrogen-bond acceptors (Lipinski definition) is 5. The molecule has 0 aromatic heterocycles.